The van der Waals surface area contributed by atoms with Gasteiger partial charge in [-0.1, -0.05) is 33.1 Å². The number of fused-ring (bicyclic) bond motifs is 1. The molecule has 0 saturated heterocycles. The van der Waals surface area contributed by atoms with Crippen molar-refractivity contribution in [3.63, 3.8) is 0 Å². The van der Waals surface area contributed by atoms with Crippen molar-refractivity contribution >= 4 is 10.9 Å². The van der Waals surface area contributed by atoms with Gasteiger partial charge in [0, 0.05) is 22.7 Å². The molecule has 1 aromatic heterocycles. The Morgan fingerprint density at radius 3 is 2.54 bits per heavy atom. The normalized spacial score (nSPS) is 9.00. The summed E-state index contributed by atoms with van der Waals surface area (Å²) in [6.07, 6.45) is 1.84. The van der Waals surface area contributed by atoms with Gasteiger partial charge in [0.05, 0.1) is 6.61 Å². The van der Waals surface area contributed by atoms with E-state index in [1.807, 2.05) is 30.5 Å². The van der Waals surface area contributed by atoms with E-state index >= 15 is 0 Å². The molecule has 0 bridgehead atoms. The fraction of sp³-hybridized carbons (Fsp3) is 0.273. The van der Waals surface area contributed by atoms with Gasteiger partial charge >= 0.3 is 0 Å². The van der Waals surface area contributed by atoms with Gasteiger partial charge in [0.15, 0.2) is 0 Å². The Bertz CT molecular complexity index is 365. The average Bonchev–Trinajstić information content (AvgIpc) is 2.47. The van der Waals surface area contributed by atoms with Crippen LogP contribution in [0.5, 0.6) is 0 Å². The second-order valence-corrected chi connectivity index (χ2v) is 2.52. The Morgan fingerprint density at radius 1 is 1.15 bits per heavy atom. The van der Waals surface area contributed by atoms with Crippen LogP contribution in [0.25, 0.3) is 10.9 Å². The first-order chi connectivity index (χ1) is 5.42. The molecule has 72 valence electrons. The molecule has 2 rings (SSSR count). The van der Waals surface area contributed by atoms with E-state index in [-0.39, 0.29) is 21.5 Å². The van der Waals surface area contributed by atoms with Crippen LogP contribution in [0.1, 0.15) is 20.4 Å². The van der Waals surface area contributed by atoms with E-state index in [1.165, 1.54) is 0 Å². The lowest BCUT2D eigenvalue weighted by molar-refractivity contribution is 0.283. The minimum absolute atomic E-state index is 0. The van der Waals surface area contributed by atoms with Crippen LogP contribution in [-0.4, -0.2) is 10.1 Å². The predicted octanol–water partition coefficient (Wildman–Crippen LogP) is 2.93. The van der Waals surface area contributed by atoms with Gasteiger partial charge in [-0.3, -0.25) is 0 Å². The molecule has 2 nitrogen and oxygen atoms in total. The van der Waals surface area contributed by atoms with Crippen LogP contribution in [0.4, 0.5) is 0 Å². The zero-order valence-corrected chi connectivity index (χ0v) is 6.04. The van der Waals surface area contributed by atoms with E-state index in [2.05, 4.69) is 4.98 Å². The molecule has 1 heterocycles. The number of benzene rings is 1. The molecular weight excluding hydrogens is 162 g/mol. The van der Waals surface area contributed by atoms with Crippen molar-refractivity contribution in [1.29, 1.82) is 0 Å². The number of hydrogen-bond acceptors (Lipinski definition) is 1. The molecule has 0 saturated carbocycles. The summed E-state index contributed by atoms with van der Waals surface area (Å²) in [7, 11) is 0. The molecule has 0 aliphatic heterocycles. The topological polar surface area (TPSA) is 36.0 Å². The minimum Gasteiger partial charge on any atom is -0.392 e. The second-order valence-electron chi connectivity index (χ2n) is 2.52. The maximum absolute atomic E-state index is 8.90. The summed E-state index contributed by atoms with van der Waals surface area (Å²) in [6, 6.07) is 7.93. The Hall–Kier alpha value is -1.28. The van der Waals surface area contributed by atoms with Crippen LogP contribution in [0.2, 0.25) is 0 Å². The van der Waals surface area contributed by atoms with Crippen molar-refractivity contribution in [2.45, 2.75) is 21.5 Å². The first-order valence-electron chi connectivity index (χ1n) is 3.57. The summed E-state index contributed by atoms with van der Waals surface area (Å²) in [6.45, 7) is 0.101. The van der Waals surface area contributed by atoms with E-state index in [4.69, 9.17) is 5.11 Å². The van der Waals surface area contributed by atoms with Gasteiger partial charge in [0.2, 0.25) is 0 Å². The number of para-hydroxylation sites is 1. The zero-order valence-electron chi connectivity index (χ0n) is 6.04. The maximum atomic E-state index is 8.90. The number of aromatic nitrogens is 1. The largest absolute Gasteiger partial charge is 0.392 e. The molecule has 0 amide bonds. The van der Waals surface area contributed by atoms with Gasteiger partial charge in [-0.05, 0) is 6.07 Å². The van der Waals surface area contributed by atoms with Crippen molar-refractivity contribution in [3.8, 4) is 0 Å². The molecule has 0 atom stereocenters. The first kappa shape index (κ1) is 11.7. The number of aliphatic hydroxyl groups excluding tert-OH is 1. The predicted molar refractivity (Wildman–Crippen MR) is 57.7 cm³/mol. The Balaban J connectivity index is 0.000000720. The van der Waals surface area contributed by atoms with E-state index < -0.39 is 0 Å². The highest BCUT2D eigenvalue weighted by molar-refractivity contribution is 5.82. The van der Waals surface area contributed by atoms with E-state index in [9.17, 15) is 0 Å². The first-order valence-corrected chi connectivity index (χ1v) is 3.57. The molecular formula is C11H17NO. The third-order valence-electron chi connectivity index (χ3n) is 1.85. The molecule has 0 fully saturated rings. The monoisotopic (exact) mass is 179 g/mol. The Morgan fingerprint density at radius 2 is 1.85 bits per heavy atom. The van der Waals surface area contributed by atoms with Crippen molar-refractivity contribution in [1.82, 2.24) is 4.98 Å². The Kier molecular flexibility index (Phi) is 4.21. The van der Waals surface area contributed by atoms with Gasteiger partial charge in [0.25, 0.3) is 0 Å². The number of aliphatic hydroxyl groups is 1. The Labute approximate surface area is 79.2 Å². The lowest BCUT2D eigenvalue weighted by Crippen LogP contribution is -1.76. The molecule has 0 aliphatic carbocycles. The van der Waals surface area contributed by atoms with Crippen LogP contribution in [-0.2, 0) is 6.61 Å². The third kappa shape index (κ3) is 1.90. The highest BCUT2D eigenvalue weighted by atomic mass is 16.3. The summed E-state index contributed by atoms with van der Waals surface area (Å²) in [5.74, 6) is 0. The number of aromatic amines is 1. The van der Waals surface area contributed by atoms with Gasteiger partial charge in [-0.15, -0.1) is 0 Å². The molecule has 0 unspecified atom stereocenters. The van der Waals surface area contributed by atoms with Crippen LogP contribution in [0.15, 0.2) is 30.5 Å². The van der Waals surface area contributed by atoms with Gasteiger partial charge in [-0.25, -0.2) is 0 Å². The zero-order chi connectivity index (χ0) is 7.68. The number of hydrogen-bond donors (Lipinski definition) is 2. The quantitative estimate of drug-likeness (QED) is 0.693. The maximum Gasteiger partial charge on any atom is 0.0702 e. The highest BCUT2D eigenvalue weighted by Gasteiger charge is 1.98. The van der Waals surface area contributed by atoms with E-state index in [1.54, 1.807) is 0 Å². The lowest BCUT2D eigenvalue weighted by atomic mass is 10.2. The van der Waals surface area contributed by atoms with E-state index in [0.29, 0.717) is 0 Å². The molecule has 1 aromatic carbocycles. The third-order valence-corrected chi connectivity index (χ3v) is 1.85. The van der Waals surface area contributed by atoms with Crippen molar-refractivity contribution in [2.24, 2.45) is 0 Å². The molecule has 0 radical (unpaired) electrons. The fourth-order valence-electron chi connectivity index (χ4n) is 1.26. The molecule has 0 aliphatic rings. The summed E-state index contributed by atoms with van der Waals surface area (Å²) >= 11 is 0. The number of nitrogens with one attached hydrogen (secondary N) is 1. The SMILES string of the molecule is C.C.OCc1c[nH]c2ccccc12. The minimum atomic E-state index is 0. The van der Waals surface area contributed by atoms with Crippen molar-refractivity contribution in [2.75, 3.05) is 0 Å². The van der Waals surface area contributed by atoms with Crippen molar-refractivity contribution in [3.05, 3.63) is 36.0 Å². The van der Waals surface area contributed by atoms with Gasteiger partial charge in [0.1, 0.15) is 0 Å². The molecule has 2 N–H and O–H groups in total. The summed E-state index contributed by atoms with van der Waals surface area (Å²) in [4.78, 5) is 3.08. The number of rotatable bonds is 1. The van der Waals surface area contributed by atoms with Crippen LogP contribution >= 0.6 is 0 Å². The van der Waals surface area contributed by atoms with Crippen LogP contribution in [0, 0.1) is 0 Å². The highest BCUT2D eigenvalue weighted by Crippen LogP contribution is 2.16. The van der Waals surface area contributed by atoms with E-state index in [0.717, 1.165) is 16.5 Å². The molecule has 13 heavy (non-hydrogen) atoms. The smallest absolute Gasteiger partial charge is 0.0702 e. The summed E-state index contributed by atoms with van der Waals surface area (Å²) in [5, 5.41) is 10.0. The fourth-order valence-corrected chi connectivity index (χ4v) is 1.26. The standard InChI is InChI=1S/C9H9NO.2CH4/c11-6-7-5-10-9-4-2-1-3-8(7)9;;/h1-5,10-11H,6H2;2*1H4. The van der Waals surface area contributed by atoms with Crippen LogP contribution < -0.4 is 0 Å². The summed E-state index contributed by atoms with van der Waals surface area (Å²) < 4.78 is 0. The second kappa shape index (κ2) is 4.67. The lowest BCUT2D eigenvalue weighted by Gasteiger charge is -1.90. The molecule has 2 heteroatoms. The molecule has 2 aromatic rings. The van der Waals surface area contributed by atoms with Crippen LogP contribution in [0.3, 0.4) is 0 Å². The van der Waals surface area contributed by atoms with Gasteiger partial charge in [-0.2, -0.15) is 0 Å². The molecule has 0 spiro atoms. The average molecular weight is 179 g/mol. The van der Waals surface area contributed by atoms with Gasteiger partial charge < -0.3 is 10.1 Å². The van der Waals surface area contributed by atoms with Crippen molar-refractivity contribution < 1.29 is 5.11 Å². The summed E-state index contributed by atoms with van der Waals surface area (Å²) in [5.41, 5.74) is 2.04. The number of H-pyrrole nitrogens is 1.